The third-order valence-corrected chi connectivity index (χ3v) is 1.47. The zero-order chi connectivity index (χ0) is 7.40. The Morgan fingerprint density at radius 1 is 1.50 bits per heavy atom. The predicted octanol–water partition coefficient (Wildman–Crippen LogP) is 2.37. The summed E-state index contributed by atoms with van der Waals surface area (Å²) in [5.74, 6) is 0. The van der Waals surface area contributed by atoms with Gasteiger partial charge in [-0.05, 0) is 18.2 Å². The molecule has 0 aliphatic heterocycles. The molecule has 0 fully saturated rings. The summed E-state index contributed by atoms with van der Waals surface area (Å²) < 4.78 is 13.5. The minimum Gasteiger partial charge on any atom is -0.191 e. The van der Waals surface area contributed by atoms with Gasteiger partial charge in [-0.1, -0.05) is 17.7 Å². The van der Waals surface area contributed by atoms with Crippen molar-refractivity contribution in [3.8, 4) is 0 Å². The summed E-state index contributed by atoms with van der Waals surface area (Å²) in [6, 6.07) is 6.83. The van der Waals surface area contributed by atoms with Crippen LogP contribution >= 0.6 is 11.6 Å². The van der Waals surface area contributed by atoms with Crippen molar-refractivity contribution in [3.63, 3.8) is 0 Å². The monoisotopic (exact) mass is 173 g/mol. The predicted molar refractivity (Wildman–Crippen MR) is 41.7 cm³/mol. The topological polar surface area (TPSA) is 29.4 Å². The zero-order valence-electron chi connectivity index (χ0n) is 4.95. The fourth-order valence-corrected chi connectivity index (χ4v) is 0.960. The Bertz CT molecular complexity index is 283. The Kier molecular flexibility index (Phi) is 2.59. The second kappa shape index (κ2) is 3.49. The molecule has 0 atom stereocenters. The summed E-state index contributed by atoms with van der Waals surface area (Å²) >= 11 is 5.79. The summed E-state index contributed by atoms with van der Waals surface area (Å²) in [4.78, 5) is 0. The second-order valence-electron chi connectivity index (χ2n) is 1.65. The van der Waals surface area contributed by atoms with E-state index < -0.39 is 0 Å². The lowest BCUT2D eigenvalue weighted by molar-refractivity contribution is 0.698. The van der Waals surface area contributed by atoms with Gasteiger partial charge in [0.15, 0.2) is 0 Å². The van der Waals surface area contributed by atoms with Gasteiger partial charge in [-0.25, -0.2) is 0 Å². The molecule has 1 rings (SSSR count). The van der Waals surface area contributed by atoms with Gasteiger partial charge in [-0.15, -0.1) is 0 Å². The standard InChI is InChI=1S/C6H4ClNOS/c7-5-2-1-3-6(4-5)8-10-9/h1-4H. The lowest BCUT2D eigenvalue weighted by Crippen LogP contribution is -1.62. The van der Waals surface area contributed by atoms with Gasteiger partial charge in [-0.3, -0.25) is 0 Å². The SMILES string of the molecule is O=S=Nc1cccc(Cl)c1. The number of hydrogen-bond donors (Lipinski definition) is 0. The van der Waals surface area contributed by atoms with E-state index in [1.165, 1.54) is 0 Å². The molecule has 0 aliphatic carbocycles. The van der Waals surface area contributed by atoms with Crippen LogP contribution in [0.15, 0.2) is 28.6 Å². The average Bonchev–Trinajstić information content (AvgIpc) is 1.88. The highest BCUT2D eigenvalue weighted by atomic mass is 35.5. The molecule has 0 saturated carbocycles. The first-order chi connectivity index (χ1) is 4.83. The van der Waals surface area contributed by atoms with Crippen LogP contribution in [0.3, 0.4) is 0 Å². The zero-order valence-corrected chi connectivity index (χ0v) is 6.52. The largest absolute Gasteiger partial charge is 0.205 e. The minimum absolute atomic E-state index is 0.180. The van der Waals surface area contributed by atoms with Crippen LogP contribution in [0.4, 0.5) is 5.69 Å². The van der Waals surface area contributed by atoms with E-state index in [0.29, 0.717) is 10.7 Å². The molecule has 52 valence electrons. The van der Waals surface area contributed by atoms with E-state index in [0.717, 1.165) is 0 Å². The lowest BCUT2D eigenvalue weighted by Gasteiger charge is -1.88. The van der Waals surface area contributed by atoms with Crippen molar-refractivity contribution in [2.24, 2.45) is 4.36 Å². The van der Waals surface area contributed by atoms with Crippen LogP contribution in [0.5, 0.6) is 0 Å². The fourth-order valence-electron chi connectivity index (χ4n) is 0.576. The van der Waals surface area contributed by atoms with Crippen molar-refractivity contribution >= 4 is 28.8 Å². The maximum atomic E-state index is 9.92. The van der Waals surface area contributed by atoms with Gasteiger partial charge in [0.05, 0.1) is 5.69 Å². The molecule has 0 radical (unpaired) electrons. The van der Waals surface area contributed by atoms with Crippen LogP contribution in [0.1, 0.15) is 0 Å². The molecule has 0 N–H and O–H groups in total. The Morgan fingerprint density at radius 3 is 2.90 bits per heavy atom. The number of benzene rings is 1. The van der Waals surface area contributed by atoms with Gasteiger partial charge < -0.3 is 0 Å². The molecule has 4 heteroatoms. The van der Waals surface area contributed by atoms with E-state index in [2.05, 4.69) is 4.36 Å². The molecular weight excluding hydrogens is 170 g/mol. The molecule has 1 aromatic carbocycles. The van der Waals surface area contributed by atoms with E-state index in [1.54, 1.807) is 24.3 Å². The Hall–Kier alpha value is -0.670. The smallest absolute Gasteiger partial charge is 0.191 e. The average molecular weight is 174 g/mol. The first-order valence-electron chi connectivity index (χ1n) is 2.58. The molecule has 2 nitrogen and oxygen atoms in total. The molecule has 0 heterocycles. The third-order valence-electron chi connectivity index (χ3n) is 0.951. The van der Waals surface area contributed by atoms with E-state index in [9.17, 15) is 4.21 Å². The summed E-state index contributed by atoms with van der Waals surface area (Å²) in [5.41, 5.74) is 0.604. The van der Waals surface area contributed by atoms with Gasteiger partial charge in [-0.2, -0.15) is 8.57 Å². The fraction of sp³-hybridized carbons (Fsp3) is 0. The number of nitrogens with zero attached hydrogens (tertiary/aromatic N) is 1. The van der Waals surface area contributed by atoms with E-state index in [1.807, 2.05) is 0 Å². The molecule has 0 amide bonds. The highest BCUT2D eigenvalue weighted by Gasteiger charge is 1.88. The van der Waals surface area contributed by atoms with Gasteiger partial charge in [0.25, 0.3) is 0 Å². The van der Waals surface area contributed by atoms with Crippen molar-refractivity contribution < 1.29 is 4.21 Å². The van der Waals surface area contributed by atoms with Crippen LogP contribution in [-0.4, -0.2) is 4.21 Å². The first kappa shape index (κ1) is 7.44. The molecule has 0 bridgehead atoms. The van der Waals surface area contributed by atoms with Crippen molar-refractivity contribution in [2.75, 3.05) is 0 Å². The molecule has 0 saturated heterocycles. The van der Waals surface area contributed by atoms with Gasteiger partial charge >= 0.3 is 0 Å². The lowest BCUT2D eigenvalue weighted by atomic mass is 10.3. The van der Waals surface area contributed by atoms with Crippen molar-refractivity contribution in [1.82, 2.24) is 0 Å². The maximum Gasteiger partial charge on any atom is 0.205 e. The highest BCUT2D eigenvalue weighted by Crippen LogP contribution is 2.16. The maximum absolute atomic E-state index is 9.92. The number of hydrogen-bond acceptors (Lipinski definition) is 2. The minimum atomic E-state index is 0.180. The summed E-state index contributed by atoms with van der Waals surface area (Å²) in [5, 5.41) is 0.593. The van der Waals surface area contributed by atoms with E-state index in [4.69, 9.17) is 11.6 Å². The van der Waals surface area contributed by atoms with Crippen molar-refractivity contribution in [2.45, 2.75) is 0 Å². The van der Waals surface area contributed by atoms with Gasteiger partial charge in [0.1, 0.15) is 0 Å². The first-order valence-corrected chi connectivity index (χ1v) is 3.66. The van der Waals surface area contributed by atoms with Crippen molar-refractivity contribution in [1.29, 1.82) is 0 Å². The highest BCUT2D eigenvalue weighted by molar-refractivity contribution is 7.54. The van der Waals surface area contributed by atoms with Crippen LogP contribution in [0.25, 0.3) is 0 Å². The summed E-state index contributed by atoms with van der Waals surface area (Å²) in [7, 11) is 0. The Labute approximate surface area is 67.1 Å². The summed E-state index contributed by atoms with van der Waals surface area (Å²) in [6.45, 7) is 0. The van der Waals surface area contributed by atoms with E-state index in [-0.39, 0.29) is 11.5 Å². The molecule has 10 heavy (non-hydrogen) atoms. The normalized spacial score (nSPS) is 8.90. The summed E-state index contributed by atoms with van der Waals surface area (Å²) in [6.07, 6.45) is 0. The Morgan fingerprint density at radius 2 is 2.30 bits per heavy atom. The van der Waals surface area contributed by atoms with E-state index >= 15 is 0 Å². The molecule has 1 aromatic rings. The molecule has 0 aromatic heterocycles. The molecule has 0 unspecified atom stereocenters. The number of rotatable bonds is 1. The van der Waals surface area contributed by atoms with Crippen molar-refractivity contribution in [3.05, 3.63) is 29.3 Å². The van der Waals surface area contributed by atoms with Crippen LogP contribution in [-0.2, 0) is 11.5 Å². The molecular formula is C6H4ClNOS. The quantitative estimate of drug-likeness (QED) is 0.641. The Balaban J connectivity index is 3.06. The third kappa shape index (κ3) is 1.93. The van der Waals surface area contributed by atoms with Gasteiger partial charge in [0.2, 0.25) is 11.5 Å². The molecule has 0 aliphatic rings. The van der Waals surface area contributed by atoms with Gasteiger partial charge in [0, 0.05) is 5.02 Å². The molecule has 0 spiro atoms. The van der Waals surface area contributed by atoms with Crippen LogP contribution < -0.4 is 0 Å². The van der Waals surface area contributed by atoms with Crippen LogP contribution in [0.2, 0.25) is 5.02 Å². The second-order valence-corrected chi connectivity index (χ2v) is 2.41. The number of halogens is 1. The van der Waals surface area contributed by atoms with Crippen LogP contribution in [0, 0.1) is 0 Å².